The van der Waals surface area contributed by atoms with Crippen molar-refractivity contribution in [3.05, 3.63) is 59.9 Å². The van der Waals surface area contributed by atoms with Gasteiger partial charge in [0.25, 0.3) is 0 Å². The summed E-state index contributed by atoms with van der Waals surface area (Å²) in [6, 6.07) is 12.0. The number of hydrogen-bond acceptors (Lipinski definition) is 3. The van der Waals surface area contributed by atoms with Gasteiger partial charge in [-0.1, -0.05) is 24.3 Å². The average molecular weight is 261 g/mol. The van der Waals surface area contributed by atoms with Crippen LogP contribution in [0.25, 0.3) is 0 Å². The molecule has 0 amide bonds. The van der Waals surface area contributed by atoms with Crippen LogP contribution in [-0.4, -0.2) is 10.7 Å². The Morgan fingerprint density at radius 2 is 1.94 bits per heavy atom. The first kappa shape index (κ1) is 14.2. The molecule has 4 heteroatoms. The van der Waals surface area contributed by atoms with E-state index in [9.17, 15) is 0 Å². The predicted octanol–water partition coefficient (Wildman–Crippen LogP) is 0.230. The van der Waals surface area contributed by atoms with E-state index in [-0.39, 0.29) is 12.4 Å². The minimum atomic E-state index is 0. The van der Waals surface area contributed by atoms with E-state index >= 15 is 0 Å². The SMILES string of the molecule is CC(=NNc1ccccc1C)c1cccnc1.[Cl-]. The summed E-state index contributed by atoms with van der Waals surface area (Å²) in [5.41, 5.74) is 7.21. The molecule has 0 aliphatic rings. The molecule has 94 valence electrons. The molecule has 2 rings (SSSR count). The van der Waals surface area contributed by atoms with E-state index in [1.807, 2.05) is 37.3 Å². The number of aryl methyl sites for hydroxylation is 1. The minimum Gasteiger partial charge on any atom is -1.00 e. The molecule has 0 spiro atoms. The van der Waals surface area contributed by atoms with Crippen LogP contribution in [0.5, 0.6) is 0 Å². The number of nitrogens with zero attached hydrogens (tertiary/aromatic N) is 2. The summed E-state index contributed by atoms with van der Waals surface area (Å²) in [5.74, 6) is 0. The molecule has 0 fully saturated rings. The van der Waals surface area contributed by atoms with E-state index in [4.69, 9.17) is 0 Å². The topological polar surface area (TPSA) is 37.3 Å². The molecule has 0 bridgehead atoms. The van der Waals surface area contributed by atoms with Crippen LogP contribution in [0.3, 0.4) is 0 Å². The molecule has 0 atom stereocenters. The summed E-state index contributed by atoms with van der Waals surface area (Å²) < 4.78 is 0. The van der Waals surface area contributed by atoms with Crippen molar-refractivity contribution in [1.29, 1.82) is 0 Å². The van der Waals surface area contributed by atoms with Crippen LogP contribution in [0.2, 0.25) is 0 Å². The Labute approximate surface area is 113 Å². The molecule has 18 heavy (non-hydrogen) atoms. The van der Waals surface area contributed by atoms with Gasteiger partial charge in [0.15, 0.2) is 0 Å². The Hall–Kier alpha value is -1.87. The van der Waals surface area contributed by atoms with Crippen molar-refractivity contribution in [2.45, 2.75) is 13.8 Å². The van der Waals surface area contributed by atoms with E-state index in [1.165, 1.54) is 5.56 Å². The van der Waals surface area contributed by atoms with Crippen molar-refractivity contribution in [3.8, 4) is 0 Å². The normalized spacial score (nSPS) is 10.7. The number of rotatable bonds is 3. The third-order valence-electron chi connectivity index (χ3n) is 2.57. The molecule has 0 saturated carbocycles. The van der Waals surface area contributed by atoms with E-state index in [1.54, 1.807) is 12.4 Å². The van der Waals surface area contributed by atoms with Crippen molar-refractivity contribution in [1.82, 2.24) is 4.98 Å². The molecule has 1 aromatic heterocycles. The fraction of sp³-hybridized carbons (Fsp3) is 0.143. The van der Waals surface area contributed by atoms with Crippen molar-refractivity contribution >= 4 is 11.4 Å². The van der Waals surface area contributed by atoms with Gasteiger partial charge in [0, 0.05) is 18.0 Å². The number of benzene rings is 1. The summed E-state index contributed by atoms with van der Waals surface area (Å²) in [4.78, 5) is 4.07. The highest BCUT2D eigenvalue weighted by molar-refractivity contribution is 5.98. The zero-order chi connectivity index (χ0) is 12.1. The van der Waals surface area contributed by atoms with Crippen LogP contribution < -0.4 is 17.8 Å². The predicted molar refractivity (Wildman–Crippen MR) is 71.2 cm³/mol. The van der Waals surface area contributed by atoms with Crippen molar-refractivity contribution < 1.29 is 12.4 Å². The first-order valence-corrected chi connectivity index (χ1v) is 5.53. The summed E-state index contributed by atoms with van der Waals surface area (Å²) in [5, 5.41) is 4.35. The van der Waals surface area contributed by atoms with Gasteiger partial charge in [0.1, 0.15) is 0 Å². The number of aromatic nitrogens is 1. The van der Waals surface area contributed by atoms with E-state index < -0.39 is 0 Å². The zero-order valence-corrected chi connectivity index (χ0v) is 11.1. The standard InChI is InChI=1S/C14H15N3.ClH/c1-11-6-3-4-8-14(11)17-16-12(2)13-7-5-9-15-10-13;/h3-10,17H,1-2H3;1H/p-1. The second-order valence-electron chi connectivity index (χ2n) is 3.87. The lowest BCUT2D eigenvalue weighted by atomic mass is 10.2. The number of hydrazone groups is 1. The Balaban J connectivity index is 0.00000162. The monoisotopic (exact) mass is 260 g/mol. The quantitative estimate of drug-likeness (QED) is 0.634. The fourth-order valence-electron chi connectivity index (χ4n) is 1.48. The lowest BCUT2D eigenvalue weighted by Gasteiger charge is -2.05. The number of halogens is 1. The van der Waals surface area contributed by atoms with Gasteiger partial charge in [-0.15, -0.1) is 0 Å². The Bertz CT molecular complexity index is 524. The van der Waals surface area contributed by atoms with Crippen LogP contribution in [0.1, 0.15) is 18.1 Å². The number of nitrogens with one attached hydrogen (secondary N) is 1. The molecule has 0 unspecified atom stereocenters. The molecular formula is C14H15ClN3-. The summed E-state index contributed by atoms with van der Waals surface area (Å²) in [6.45, 7) is 4.01. The lowest BCUT2D eigenvalue weighted by molar-refractivity contribution is -0.00000362. The Kier molecular flexibility index (Phi) is 5.33. The van der Waals surface area contributed by atoms with Gasteiger partial charge < -0.3 is 12.4 Å². The van der Waals surface area contributed by atoms with E-state index in [2.05, 4.69) is 28.5 Å². The third-order valence-corrected chi connectivity index (χ3v) is 2.57. The second-order valence-corrected chi connectivity index (χ2v) is 3.87. The molecule has 2 aromatic rings. The van der Waals surface area contributed by atoms with Crippen LogP contribution in [-0.2, 0) is 0 Å². The highest BCUT2D eigenvalue weighted by Gasteiger charge is 1.97. The van der Waals surface area contributed by atoms with Gasteiger partial charge in [0.2, 0.25) is 0 Å². The maximum absolute atomic E-state index is 4.35. The molecule has 0 radical (unpaired) electrons. The maximum Gasteiger partial charge on any atom is 0.0663 e. The molecule has 1 N–H and O–H groups in total. The second kappa shape index (κ2) is 6.77. The van der Waals surface area contributed by atoms with Crippen LogP contribution in [0, 0.1) is 6.92 Å². The molecular weight excluding hydrogens is 246 g/mol. The number of pyridine rings is 1. The molecule has 0 saturated heterocycles. The van der Waals surface area contributed by atoms with Crippen molar-refractivity contribution in [2.75, 3.05) is 5.43 Å². The number of hydrogen-bond donors (Lipinski definition) is 1. The van der Waals surface area contributed by atoms with Gasteiger partial charge in [-0.25, -0.2) is 0 Å². The molecule has 1 aromatic carbocycles. The largest absolute Gasteiger partial charge is 1.00 e. The van der Waals surface area contributed by atoms with Gasteiger partial charge in [-0.05, 0) is 31.5 Å². The van der Waals surface area contributed by atoms with Crippen LogP contribution in [0.15, 0.2) is 53.9 Å². The Morgan fingerprint density at radius 1 is 1.17 bits per heavy atom. The first-order valence-electron chi connectivity index (χ1n) is 5.53. The fourth-order valence-corrected chi connectivity index (χ4v) is 1.48. The van der Waals surface area contributed by atoms with Crippen LogP contribution in [0.4, 0.5) is 5.69 Å². The maximum atomic E-state index is 4.35. The minimum absolute atomic E-state index is 0. The average Bonchev–Trinajstić information content (AvgIpc) is 2.38. The first-order chi connectivity index (χ1) is 8.27. The molecule has 1 heterocycles. The third kappa shape index (κ3) is 3.57. The van der Waals surface area contributed by atoms with Gasteiger partial charge in [-0.3, -0.25) is 10.4 Å². The van der Waals surface area contributed by atoms with Crippen molar-refractivity contribution in [3.63, 3.8) is 0 Å². The lowest BCUT2D eigenvalue weighted by Crippen LogP contribution is -3.00. The van der Waals surface area contributed by atoms with E-state index in [0.717, 1.165) is 17.0 Å². The molecule has 0 aliphatic carbocycles. The number of anilines is 1. The van der Waals surface area contributed by atoms with Crippen molar-refractivity contribution in [2.24, 2.45) is 5.10 Å². The van der Waals surface area contributed by atoms with Gasteiger partial charge >= 0.3 is 0 Å². The molecule has 0 aliphatic heterocycles. The highest BCUT2D eigenvalue weighted by atomic mass is 35.5. The van der Waals surface area contributed by atoms with Gasteiger partial charge in [0.05, 0.1) is 11.4 Å². The van der Waals surface area contributed by atoms with E-state index in [0.29, 0.717) is 0 Å². The highest BCUT2D eigenvalue weighted by Crippen LogP contribution is 2.13. The molecule has 3 nitrogen and oxygen atoms in total. The van der Waals surface area contributed by atoms with Gasteiger partial charge in [-0.2, -0.15) is 5.10 Å². The Morgan fingerprint density at radius 3 is 2.61 bits per heavy atom. The summed E-state index contributed by atoms with van der Waals surface area (Å²) in [6.07, 6.45) is 3.56. The number of para-hydroxylation sites is 1. The van der Waals surface area contributed by atoms with Crippen LogP contribution >= 0.6 is 0 Å². The smallest absolute Gasteiger partial charge is 0.0663 e. The zero-order valence-electron chi connectivity index (χ0n) is 10.4. The summed E-state index contributed by atoms with van der Waals surface area (Å²) >= 11 is 0. The summed E-state index contributed by atoms with van der Waals surface area (Å²) in [7, 11) is 0.